The lowest BCUT2D eigenvalue weighted by atomic mass is 10.1. The van der Waals surface area contributed by atoms with Gasteiger partial charge >= 0.3 is 0 Å². The molecule has 1 saturated heterocycles. The highest BCUT2D eigenvalue weighted by atomic mass is 16.5. The summed E-state index contributed by atoms with van der Waals surface area (Å²) in [5, 5.41) is 3.99. The predicted octanol–water partition coefficient (Wildman–Crippen LogP) is 2.72. The maximum Gasteiger partial charge on any atom is 0.154 e. The van der Waals surface area contributed by atoms with Crippen molar-refractivity contribution in [1.82, 2.24) is 15.0 Å². The Labute approximate surface area is 118 Å². The number of aryl methyl sites for hydroxylation is 1. The fourth-order valence-corrected chi connectivity index (χ4v) is 2.71. The summed E-state index contributed by atoms with van der Waals surface area (Å²) in [5.41, 5.74) is 1.99. The lowest BCUT2D eigenvalue weighted by Crippen LogP contribution is -2.23. The van der Waals surface area contributed by atoms with Crippen LogP contribution in [0.3, 0.4) is 0 Å². The topological polar surface area (TPSA) is 51.4 Å². The molecule has 5 nitrogen and oxygen atoms in total. The fraction of sp³-hybridized carbons (Fsp3) is 0.467. The molecule has 0 bridgehead atoms. The first kappa shape index (κ1) is 13.1. The van der Waals surface area contributed by atoms with Crippen molar-refractivity contribution in [2.24, 2.45) is 0 Å². The first-order chi connectivity index (χ1) is 9.76. The molecule has 1 atom stereocenters. The Kier molecular flexibility index (Phi) is 3.69. The minimum absolute atomic E-state index is 0.320. The second kappa shape index (κ2) is 5.63. The average Bonchev–Trinajstić information content (AvgIpc) is 3.08. The van der Waals surface area contributed by atoms with E-state index in [1.54, 1.807) is 13.3 Å². The number of hydrogen-bond acceptors (Lipinski definition) is 5. The van der Waals surface area contributed by atoms with Gasteiger partial charge in [0, 0.05) is 12.6 Å². The van der Waals surface area contributed by atoms with Crippen molar-refractivity contribution in [1.29, 1.82) is 0 Å². The Morgan fingerprint density at radius 1 is 1.45 bits per heavy atom. The van der Waals surface area contributed by atoms with E-state index in [0.717, 1.165) is 42.4 Å². The molecule has 1 aliphatic heterocycles. The van der Waals surface area contributed by atoms with E-state index in [-0.39, 0.29) is 0 Å². The Hall–Kier alpha value is -1.88. The Bertz CT molecular complexity index is 565. The molecule has 106 valence electrons. The number of nitrogens with zero attached hydrogens (tertiary/aromatic N) is 3. The summed E-state index contributed by atoms with van der Waals surface area (Å²) in [6.45, 7) is 3.85. The Morgan fingerprint density at radius 2 is 2.35 bits per heavy atom. The van der Waals surface area contributed by atoms with Crippen molar-refractivity contribution in [2.75, 3.05) is 13.7 Å². The number of aromatic nitrogens is 2. The molecule has 0 saturated carbocycles. The van der Waals surface area contributed by atoms with Gasteiger partial charge in [0.1, 0.15) is 5.75 Å². The molecule has 0 radical (unpaired) electrons. The molecule has 2 aromatic heterocycles. The summed E-state index contributed by atoms with van der Waals surface area (Å²) in [5.74, 6) is 1.76. The zero-order valence-electron chi connectivity index (χ0n) is 11.9. The van der Waals surface area contributed by atoms with Crippen LogP contribution in [0.5, 0.6) is 5.75 Å². The minimum Gasteiger partial charge on any atom is -0.495 e. The van der Waals surface area contributed by atoms with E-state index in [1.807, 2.05) is 25.1 Å². The summed E-state index contributed by atoms with van der Waals surface area (Å²) in [6.07, 6.45) is 4.06. The van der Waals surface area contributed by atoms with Crippen molar-refractivity contribution >= 4 is 0 Å². The third-order valence-electron chi connectivity index (χ3n) is 3.74. The third kappa shape index (κ3) is 2.67. The summed E-state index contributed by atoms with van der Waals surface area (Å²) >= 11 is 0. The zero-order valence-corrected chi connectivity index (χ0v) is 11.9. The summed E-state index contributed by atoms with van der Waals surface area (Å²) in [6, 6.07) is 6.32. The highest BCUT2D eigenvalue weighted by Gasteiger charge is 2.29. The Morgan fingerprint density at radius 3 is 3.00 bits per heavy atom. The van der Waals surface area contributed by atoms with Gasteiger partial charge in [-0.25, -0.2) is 0 Å². The first-order valence-electron chi connectivity index (χ1n) is 6.92. The van der Waals surface area contributed by atoms with Crippen molar-refractivity contribution in [3.8, 4) is 5.75 Å². The van der Waals surface area contributed by atoms with Gasteiger partial charge in [0.05, 0.1) is 30.7 Å². The van der Waals surface area contributed by atoms with E-state index >= 15 is 0 Å². The van der Waals surface area contributed by atoms with Crippen LogP contribution in [0.2, 0.25) is 0 Å². The van der Waals surface area contributed by atoms with Crippen molar-refractivity contribution in [2.45, 2.75) is 32.4 Å². The van der Waals surface area contributed by atoms with Crippen LogP contribution in [-0.4, -0.2) is 28.7 Å². The van der Waals surface area contributed by atoms with Crippen molar-refractivity contribution < 1.29 is 9.26 Å². The molecule has 1 fully saturated rings. The molecule has 0 aromatic carbocycles. The van der Waals surface area contributed by atoms with Crippen LogP contribution in [0.15, 0.2) is 28.9 Å². The number of rotatable bonds is 4. The molecule has 0 spiro atoms. The lowest BCUT2D eigenvalue weighted by molar-refractivity contribution is 0.204. The summed E-state index contributed by atoms with van der Waals surface area (Å²) in [7, 11) is 1.65. The molecule has 2 aromatic rings. The second-order valence-corrected chi connectivity index (χ2v) is 5.19. The maximum absolute atomic E-state index is 5.42. The number of likely N-dealkylation sites (tertiary alicyclic amines) is 1. The lowest BCUT2D eigenvalue weighted by Gasteiger charge is -2.21. The Balaban J connectivity index is 1.72. The van der Waals surface area contributed by atoms with E-state index in [2.05, 4.69) is 15.0 Å². The van der Waals surface area contributed by atoms with Crippen LogP contribution >= 0.6 is 0 Å². The third-order valence-corrected chi connectivity index (χ3v) is 3.74. The van der Waals surface area contributed by atoms with Crippen LogP contribution < -0.4 is 4.74 Å². The first-order valence-corrected chi connectivity index (χ1v) is 6.92. The zero-order chi connectivity index (χ0) is 13.9. The molecule has 3 rings (SSSR count). The molecular formula is C15H19N3O2. The number of ether oxygens (including phenoxy) is 1. The monoisotopic (exact) mass is 273 g/mol. The maximum atomic E-state index is 5.42. The molecule has 20 heavy (non-hydrogen) atoms. The number of hydrogen-bond donors (Lipinski definition) is 0. The van der Waals surface area contributed by atoms with Crippen LogP contribution in [-0.2, 0) is 6.54 Å². The van der Waals surface area contributed by atoms with E-state index in [1.165, 1.54) is 6.42 Å². The van der Waals surface area contributed by atoms with Crippen LogP contribution in [0.1, 0.15) is 36.0 Å². The molecule has 1 aliphatic rings. The predicted molar refractivity (Wildman–Crippen MR) is 74.4 cm³/mol. The SMILES string of the molecule is COc1ccc(CN2CCCC2c2cc(C)no2)nc1. The molecular weight excluding hydrogens is 254 g/mol. The van der Waals surface area contributed by atoms with E-state index in [0.29, 0.717) is 6.04 Å². The van der Waals surface area contributed by atoms with Gasteiger partial charge in [0.25, 0.3) is 0 Å². The number of methoxy groups -OCH3 is 1. The van der Waals surface area contributed by atoms with Gasteiger partial charge < -0.3 is 9.26 Å². The van der Waals surface area contributed by atoms with Gasteiger partial charge in [-0.05, 0) is 38.4 Å². The van der Waals surface area contributed by atoms with E-state index < -0.39 is 0 Å². The average molecular weight is 273 g/mol. The highest BCUT2D eigenvalue weighted by Crippen LogP contribution is 2.33. The second-order valence-electron chi connectivity index (χ2n) is 5.19. The van der Waals surface area contributed by atoms with Crippen LogP contribution in [0.4, 0.5) is 0 Å². The van der Waals surface area contributed by atoms with Crippen LogP contribution in [0.25, 0.3) is 0 Å². The van der Waals surface area contributed by atoms with Gasteiger partial charge in [-0.3, -0.25) is 9.88 Å². The normalized spacial score (nSPS) is 19.4. The minimum atomic E-state index is 0.320. The van der Waals surface area contributed by atoms with Crippen molar-refractivity contribution in [3.63, 3.8) is 0 Å². The largest absolute Gasteiger partial charge is 0.495 e. The summed E-state index contributed by atoms with van der Waals surface area (Å²) < 4.78 is 10.6. The molecule has 1 unspecified atom stereocenters. The quantitative estimate of drug-likeness (QED) is 0.857. The van der Waals surface area contributed by atoms with Crippen molar-refractivity contribution in [3.05, 3.63) is 41.5 Å². The molecule has 0 aliphatic carbocycles. The van der Waals surface area contributed by atoms with Gasteiger partial charge in [-0.2, -0.15) is 0 Å². The smallest absolute Gasteiger partial charge is 0.154 e. The van der Waals surface area contributed by atoms with Gasteiger partial charge in [-0.15, -0.1) is 0 Å². The van der Waals surface area contributed by atoms with E-state index in [9.17, 15) is 0 Å². The van der Waals surface area contributed by atoms with E-state index in [4.69, 9.17) is 9.26 Å². The van der Waals surface area contributed by atoms with Gasteiger partial charge in [-0.1, -0.05) is 5.16 Å². The standard InChI is InChI=1S/C15H19N3O2/c1-11-8-15(20-17-11)14-4-3-7-18(14)10-12-5-6-13(19-2)9-16-12/h5-6,8-9,14H,3-4,7,10H2,1-2H3. The van der Waals surface area contributed by atoms with Gasteiger partial charge in [0.2, 0.25) is 0 Å². The van der Waals surface area contributed by atoms with Gasteiger partial charge in [0.15, 0.2) is 5.76 Å². The molecule has 3 heterocycles. The van der Waals surface area contributed by atoms with Crippen LogP contribution in [0, 0.1) is 6.92 Å². The molecule has 0 N–H and O–H groups in total. The number of pyridine rings is 1. The molecule has 5 heteroatoms. The summed E-state index contributed by atoms with van der Waals surface area (Å²) in [4.78, 5) is 6.83. The fourth-order valence-electron chi connectivity index (χ4n) is 2.71. The highest BCUT2D eigenvalue weighted by molar-refractivity contribution is 5.20. The molecule has 0 amide bonds.